The van der Waals surface area contributed by atoms with Gasteiger partial charge in [0, 0.05) is 54.8 Å². The van der Waals surface area contributed by atoms with Gasteiger partial charge in [0.15, 0.2) is 18.7 Å². The zero-order valence-electron chi connectivity index (χ0n) is 55.9. The van der Waals surface area contributed by atoms with Gasteiger partial charge in [0.25, 0.3) is 11.8 Å². The number of ether oxygens (including phenoxy) is 5. The second kappa shape index (κ2) is 37.6. The number of aromatic amines is 1. The van der Waals surface area contributed by atoms with Crippen LogP contribution in [-0.2, 0) is 54.1 Å². The average molecular weight is 1470 g/mol. The van der Waals surface area contributed by atoms with Crippen LogP contribution in [0.4, 0.5) is 10.6 Å². The van der Waals surface area contributed by atoms with Gasteiger partial charge in [-0.3, -0.25) is 33.6 Å². The molecule has 7 rings (SSSR count). The van der Waals surface area contributed by atoms with Crippen LogP contribution in [0.15, 0.2) is 53.6 Å². The van der Waals surface area contributed by atoms with Gasteiger partial charge in [0.2, 0.25) is 29.5 Å². The molecule has 560 valence electrons. The lowest BCUT2D eigenvalue weighted by molar-refractivity contribution is -0.372. The summed E-state index contributed by atoms with van der Waals surface area (Å²) in [5, 5.41) is 112. The molecule has 1 aromatic carbocycles. The number of aliphatic hydroxyl groups excluding tert-OH is 8. The fourth-order valence-corrected chi connectivity index (χ4v) is 12.3. The molecule has 2 aliphatic heterocycles. The molecule has 39 nitrogen and oxygen atoms in total. The van der Waals surface area contributed by atoms with E-state index in [2.05, 4.69) is 74.0 Å². The number of benzene rings is 1. The number of hydrogen-bond acceptors (Lipinski definition) is 32. The lowest BCUT2D eigenvalue weighted by atomic mass is 9.96. The highest BCUT2D eigenvalue weighted by Crippen LogP contribution is 2.35. The summed E-state index contributed by atoms with van der Waals surface area (Å²) in [6, 6.07) is 2.26. The fourth-order valence-electron chi connectivity index (χ4n) is 10.7. The van der Waals surface area contributed by atoms with Crippen LogP contribution in [0.3, 0.4) is 0 Å². The Balaban J connectivity index is 1.08. The van der Waals surface area contributed by atoms with E-state index in [4.69, 9.17) is 52.4 Å². The number of thiazole rings is 2. The molecule has 2 fully saturated rings. The molecular weight excluding hydrogens is 1380 g/mol. The average Bonchev–Trinajstić information content (AvgIpc) is 1.13. The summed E-state index contributed by atoms with van der Waals surface area (Å²) in [5.74, 6) is -8.75. The second-order valence-electron chi connectivity index (χ2n) is 24.2. The van der Waals surface area contributed by atoms with Crippen LogP contribution in [-0.4, -0.2) is 255 Å². The van der Waals surface area contributed by atoms with E-state index in [-0.39, 0.29) is 60.1 Å². The molecule has 4 aromatic heterocycles. The van der Waals surface area contributed by atoms with Crippen molar-refractivity contribution in [3.8, 4) is 10.7 Å². The van der Waals surface area contributed by atoms with E-state index in [0.717, 1.165) is 18.1 Å². The Kier molecular flexibility index (Phi) is 29.8. The summed E-state index contributed by atoms with van der Waals surface area (Å²) in [4.78, 5) is 131. The first kappa shape index (κ1) is 80.8. The van der Waals surface area contributed by atoms with Gasteiger partial charge < -0.3 is 135 Å². The van der Waals surface area contributed by atoms with Crippen LogP contribution < -0.4 is 65.9 Å². The molecule has 2 saturated heterocycles. The number of anilines is 1. The van der Waals surface area contributed by atoms with E-state index in [1.807, 2.05) is 30.3 Å². The number of amides is 8. The van der Waals surface area contributed by atoms with Gasteiger partial charge >= 0.3 is 6.09 Å². The molecule has 0 saturated carbocycles. The number of nitrogen functional groups attached to an aromatic ring is 1. The predicted molar refractivity (Wildman–Crippen MR) is 358 cm³/mol. The Morgan fingerprint density at radius 2 is 1.43 bits per heavy atom. The third kappa shape index (κ3) is 21.3. The van der Waals surface area contributed by atoms with Crippen LogP contribution in [0.2, 0.25) is 0 Å². The molecule has 41 heteroatoms. The van der Waals surface area contributed by atoms with Gasteiger partial charge in [-0.25, -0.2) is 29.7 Å². The first-order valence-electron chi connectivity index (χ1n) is 32.2. The number of nitrogens with two attached hydrogens (primary N) is 5. The summed E-state index contributed by atoms with van der Waals surface area (Å²) in [5.41, 5.74) is 29.2. The van der Waals surface area contributed by atoms with Crippen molar-refractivity contribution >= 4 is 75.9 Å². The van der Waals surface area contributed by atoms with E-state index in [1.54, 1.807) is 10.8 Å². The van der Waals surface area contributed by atoms with E-state index in [9.17, 15) is 74.4 Å². The minimum Gasteiger partial charge on any atom is -0.441 e. The summed E-state index contributed by atoms with van der Waals surface area (Å²) in [6.07, 6.45) is -24.5. The van der Waals surface area contributed by atoms with Crippen molar-refractivity contribution in [3.05, 3.63) is 92.7 Å². The molecule has 102 heavy (non-hydrogen) atoms. The number of rotatable bonds is 37. The minimum absolute atomic E-state index is 0.0169. The summed E-state index contributed by atoms with van der Waals surface area (Å²) in [7, 11) is 0. The molecular formula is C61H88N18O21S2. The number of nitrogens with zero attached hydrogens (tertiary/aromatic N) is 5. The third-order valence-corrected chi connectivity index (χ3v) is 18.4. The third-order valence-electron chi connectivity index (χ3n) is 16.7. The minimum atomic E-state index is -2.20. The van der Waals surface area contributed by atoms with Gasteiger partial charge in [0.05, 0.1) is 72.7 Å². The molecule has 0 radical (unpaired) electrons. The van der Waals surface area contributed by atoms with Gasteiger partial charge in [-0.05, 0) is 46.2 Å². The summed E-state index contributed by atoms with van der Waals surface area (Å²) in [6.45, 7) is 5.81. The van der Waals surface area contributed by atoms with Crippen molar-refractivity contribution in [1.29, 1.82) is 0 Å². The second-order valence-corrected chi connectivity index (χ2v) is 26.0. The van der Waals surface area contributed by atoms with E-state index >= 15 is 4.79 Å². The molecule has 9 unspecified atom stereocenters. The highest BCUT2D eigenvalue weighted by Gasteiger charge is 2.54. The molecule has 0 bridgehead atoms. The quantitative estimate of drug-likeness (QED) is 0.0165. The van der Waals surface area contributed by atoms with Crippen LogP contribution in [0, 0.1) is 12.8 Å². The SMILES string of the molecule is Cc1c(N)nc(C(CC(N)=O)NCC(N)C(N)=O)nc1C(=O)NC(C(=O)NC(C)C(O)C(C)C(=O)NC(C(=O)NCCc1nc(-c2nc(C(=O)NCCCN[C@H](C)c3ccccc3)cs2)cs1)C(C)O)C(O[C@@H]1O[C@@H](CO)[C@@H](O)[C@H](O)[C@@H]1O[C@H]1O[C@H](CO)[C@@H](O)[C@H](OC(N)=O)[C@@H]1O)c1cnc[nH]1. The van der Waals surface area contributed by atoms with E-state index < -0.39 is 183 Å². The van der Waals surface area contributed by atoms with Gasteiger partial charge in [-0.1, -0.05) is 37.3 Å². The van der Waals surface area contributed by atoms with E-state index in [0.29, 0.717) is 35.2 Å². The Labute approximate surface area is 590 Å². The van der Waals surface area contributed by atoms with Crippen molar-refractivity contribution < 1.29 is 103 Å². The number of hydrogen-bond donors (Lipinski definition) is 21. The topological polar surface area (TPSA) is 639 Å². The largest absolute Gasteiger partial charge is 0.441 e. The van der Waals surface area contributed by atoms with Gasteiger partial charge in [0.1, 0.15) is 94.6 Å². The van der Waals surface area contributed by atoms with Crippen LogP contribution in [0.1, 0.15) is 107 Å². The van der Waals surface area contributed by atoms with E-state index in [1.165, 1.54) is 50.4 Å². The zero-order valence-corrected chi connectivity index (χ0v) is 57.6. The van der Waals surface area contributed by atoms with Crippen LogP contribution in [0.25, 0.3) is 10.7 Å². The van der Waals surface area contributed by atoms with Gasteiger partial charge in [-0.15, -0.1) is 22.7 Å². The highest BCUT2D eigenvalue weighted by molar-refractivity contribution is 7.14. The van der Waals surface area contributed by atoms with Crippen LogP contribution in [0.5, 0.6) is 0 Å². The Hall–Kier alpha value is -8.47. The smallest absolute Gasteiger partial charge is 0.404 e. The summed E-state index contributed by atoms with van der Waals surface area (Å²) < 4.78 is 28.8. The zero-order chi connectivity index (χ0) is 74.8. The Morgan fingerprint density at radius 3 is 2.08 bits per heavy atom. The number of aromatic nitrogens is 6. The highest BCUT2D eigenvalue weighted by atomic mass is 32.1. The normalized spacial score (nSPS) is 23.5. The summed E-state index contributed by atoms with van der Waals surface area (Å²) >= 11 is 2.50. The predicted octanol–water partition coefficient (Wildman–Crippen LogP) is -6.23. The first-order chi connectivity index (χ1) is 48.4. The molecule has 0 spiro atoms. The molecule has 5 aromatic rings. The fraction of sp³-hybridized carbons (Fsp3) is 0.557. The lowest BCUT2D eigenvalue weighted by Crippen LogP contribution is -2.65. The number of carbonyl (C=O) groups is 8. The van der Waals surface area contributed by atoms with Crippen molar-refractivity contribution in [2.24, 2.45) is 28.9 Å². The monoisotopic (exact) mass is 1470 g/mol. The number of imidazole rings is 1. The first-order valence-corrected chi connectivity index (χ1v) is 33.9. The molecule has 8 amide bonds. The molecule has 2 aliphatic rings. The van der Waals surface area contributed by atoms with Crippen molar-refractivity contribution in [2.45, 2.75) is 170 Å². The molecule has 0 aliphatic carbocycles. The number of aliphatic hydroxyl groups is 8. The lowest BCUT2D eigenvalue weighted by Gasteiger charge is -2.47. The molecule has 20 atom stereocenters. The maximum atomic E-state index is 15.2. The number of carbonyl (C=O) groups excluding carboxylic acids is 8. The number of primary amides is 3. The standard InChI is InChI=1S/C61H88N18O21S2/c1-24-39(76-52(79-50(24)64)31(16-37(63)83)71-17-30(62)51(65)89)56(93)78-41(47(32-18-67-23-72-32)98-60-49(45(87)43(85)35(19-80)97-60)99-59-46(88)48(100-61(66)95)44(86)36(20-81)96-59)57(94)73-27(4)42(84)25(2)53(90)77-40(28(5)82)55(92)70-15-12-38-74-34(22-101-38)58-75-33(21-102-58)54(91)69-14-9-13-68-26(3)29-10-7-6-8-11-29/h6-8,10-11,18,21-23,25-28,30-31,35-36,40-49,59-60,68,71,80-82,84-88H,9,12-17,19-20,62H2,1-5H3,(H2,63,83)(H2,65,89)(H2,66,95)(H,67,72)(H,69,91)(H,70,92)(H,73,94)(H,77,90)(H,78,93)(H2,64,76,79)/t25?,26-,27?,28?,30?,31?,35+,36-,40?,41?,42?,43-,44-,45+,46+,47?,48+,49+,59-,60+/m1/s1. The molecule has 26 N–H and O–H groups in total. The van der Waals surface area contributed by atoms with Gasteiger partial charge in [-0.2, -0.15) is 0 Å². The number of H-pyrrole nitrogens is 1. The number of nitrogens with one attached hydrogen (secondary N) is 8. The Bertz CT molecular complexity index is 3620. The molecule has 6 heterocycles. The maximum Gasteiger partial charge on any atom is 0.404 e. The Morgan fingerprint density at radius 1 is 0.735 bits per heavy atom. The van der Waals surface area contributed by atoms with Crippen LogP contribution >= 0.6 is 22.7 Å². The van der Waals surface area contributed by atoms with Crippen molar-refractivity contribution in [1.82, 2.24) is 67.1 Å². The van der Waals surface area contributed by atoms with Crippen molar-refractivity contribution in [2.75, 3.05) is 45.1 Å². The van der Waals surface area contributed by atoms with Crippen molar-refractivity contribution in [3.63, 3.8) is 0 Å². The maximum absolute atomic E-state index is 15.2.